The Hall–Kier alpha value is -2.21. The molecule has 17 heavy (non-hydrogen) atoms. The summed E-state index contributed by atoms with van der Waals surface area (Å²) in [5.74, 6) is -2.52. The molecule has 2 rings (SSSR count). The molecular weight excluding hydrogens is 252 g/mol. The Morgan fingerprint density at radius 1 is 0.824 bits per heavy atom. The highest BCUT2D eigenvalue weighted by atomic mass is 35.5. The molecule has 0 radical (unpaired) electrons. The summed E-state index contributed by atoms with van der Waals surface area (Å²) in [7, 11) is 0. The van der Waals surface area contributed by atoms with E-state index in [4.69, 9.17) is 19.0 Å². The number of furan rings is 2. The SMILES string of the molecule is Cl.O=C(O)c1ccc(-c2ccc(C(=O)O)o2)o1. The van der Waals surface area contributed by atoms with Crippen LogP contribution in [0.3, 0.4) is 0 Å². The highest BCUT2D eigenvalue weighted by Gasteiger charge is 2.15. The fraction of sp³-hybridized carbons (Fsp3) is 0. The predicted molar refractivity (Wildman–Crippen MR) is 57.6 cm³/mol. The summed E-state index contributed by atoms with van der Waals surface area (Å²) in [6.07, 6.45) is 0. The Kier molecular flexibility index (Phi) is 3.59. The Labute approximate surface area is 101 Å². The Balaban J connectivity index is 0.00000144. The first kappa shape index (κ1) is 12.9. The van der Waals surface area contributed by atoms with Crippen LogP contribution in [-0.2, 0) is 0 Å². The molecular formula is C10H7ClO6. The van der Waals surface area contributed by atoms with Gasteiger partial charge in [0.05, 0.1) is 0 Å². The average Bonchev–Trinajstić information content (AvgIpc) is 2.86. The van der Waals surface area contributed by atoms with Crippen molar-refractivity contribution in [2.45, 2.75) is 0 Å². The van der Waals surface area contributed by atoms with Gasteiger partial charge < -0.3 is 19.0 Å². The average molecular weight is 259 g/mol. The van der Waals surface area contributed by atoms with E-state index < -0.39 is 11.9 Å². The van der Waals surface area contributed by atoms with Gasteiger partial charge in [0.1, 0.15) is 0 Å². The molecule has 0 spiro atoms. The molecule has 2 heterocycles. The minimum atomic E-state index is -1.20. The quantitative estimate of drug-likeness (QED) is 0.876. The maximum Gasteiger partial charge on any atom is 0.371 e. The highest BCUT2D eigenvalue weighted by Crippen LogP contribution is 2.24. The molecule has 0 atom stereocenters. The molecule has 90 valence electrons. The maximum atomic E-state index is 10.5. The zero-order valence-electron chi connectivity index (χ0n) is 8.25. The summed E-state index contributed by atoms with van der Waals surface area (Å²) in [6.45, 7) is 0. The van der Waals surface area contributed by atoms with Crippen LogP contribution in [0.25, 0.3) is 11.5 Å². The Morgan fingerprint density at radius 3 is 1.41 bits per heavy atom. The van der Waals surface area contributed by atoms with Crippen LogP contribution in [0.2, 0.25) is 0 Å². The fourth-order valence-corrected chi connectivity index (χ4v) is 1.17. The molecule has 0 saturated heterocycles. The lowest BCUT2D eigenvalue weighted by Gasteiger charge is -1.90. The van der Waals surface area contributed by atoms with Crippen molar-refractivity contribution in [2.75, 3.05) is 0 Å². The van der Waals surface area contributed by atoms with E-state index in [1.807, 2.05) is 0 Å². The number of halogens is 1. The van der Waals surface area contributed by atoms with Gasteiger partial charge in [-0.25, -0.2) is 9.59 Å². The van der Waals surface area contributed by atoms with Gasteiger partial charge in [0.15, 0.2) is 11.5 Å². The lowest BCUT2D eigenvalue weighted by Crippen LogP contribution is -1.91. The third kappa shape index (κ3) is 2.48. The lowest BCUT2D eigenvalue weighted by atomic mass is 10.3. The van der Waals surface area contributed by atoms with Gasteiger partial charge in [0.25, 0.3) is 0 Å². The second kappa shape index (κ2) is 4.75. The van der Waals surface area contributed by atoms with Gasteiger partial charge in [-0.1, -0.05) is 0 Å². The monoisotopic (exact) mass is 258 g/mol. The molecule has 0 saturated carbocycles. The molecule has 0 unspecified atom stereocenters. The molecule has 7 heteroatoms. The third-order valence-corrected chi connectivity index (χ3v) is 1.88. The first-order valence-electron chi connectivity index (χ1n) is 4.24. The second-order valence-electron chi connectivity index (χ2n) is 2.94. The molecule has 6 nitrogen and oxygen atoms in total. The molecule has 2 aromatic heterocycles. The summed E-state index contributed by atoms with van der Waals surface area (Å²) in [4.78, 5) is 21.1. The van der Waals surface area contributed by atoms with E-state index in [0.29, 0.717) is 0 Å². The van der Waals surface area contributed by atoms with Crippen molar-refractivity contribution in [3.05, 3.63) is 35.8 Å². The van der Waals surface area contributed by atoms with Gasteiger partial charge in [0.2, 0.25) is 11.5 Å². The van der Waals surface area contributed by atoms with Crippen LogP contribution in [0.15, 0.2) is 33.1 Å². The van der Waals surface area contributed by atoms with Crippen LogP contribution >= 0.6 is 12.4 Å². The van der Waals surface area contributed by atoms with Gasteiger partial charge in [-0.3, -0.25) is 0 Å². The van der Waals surface area contributed by atoms with Crippen molar-refractivity contribution < 1.29 is 28.6 Å². The second-order valence-corrected chi connectivity index (χ2v) is 2.94. The molecule has 0 bridgehead atoms. The minimum absolute atomic E-state index is 0. The molecule has 0 aliphatic heterocycles. The minimum Gasteiger partial charge on any atom is -0.475 e. The van der Waals surface area contributed by atoms with Crippen molar-refractivity contribution in [3.8, 4) is 11.5 Å². The van der Waals surface area contributed by atoms with Crippen LogP contribution < -0.4 is 0 Å². The number of aromatic carboxylic acids is 2. The van der Waals surface area contributed by atoms with Crippen LogP contribution in [0.4, 0.5) is 0 Å². The Bertz CT molecular complexity index is 502. The smallest absolute Gasteiger partial charge is 0.371 e. The van der Waals surface area contributed by atoms with Crippen molar-refractivity contribution in [3.63, 3.8) is 0 Å². The van der Waals surface area contributed by atoms with Gasteiger partial charge in [-0.15, -0.1) is 12.4 Å². The summed E-state index contributed by atoms with van der Waals surface area (Å²) >= 11 is 0. The number of hydrogen-bond acceptors (Lipinski definition) is 4. The van der Waals surface area contributed by atoms with Crippen molar-refractivity contribution in [1.82, 2.24) is 0 Å². The van der Waals surface area contributed by atoms with Gasteiger partial charge in [-0.2, -0.15) is 0 Å². The molecule has 0 aliphatic carbocycles. The fourth-order valence-electron chi connectivity index (χ4n) is 1.17. The summed E-state index contributed by atoms with van der Waals surface area (Å²) in [6, 6.07) is 5.32. The molecule has 0 aromatic carbocycles. The number of hydrogen-bond donors (Lipinski definition) is 2. The van der Waals surface area contributed by atoms with E-state index in [-0.39, 0.29) is 35.4 Å². The molecule has 2 aromatic rings. The maximum absolute atomic E-state index is 10.5. The van der Waals surface area contributed by atoms with Crippen LogP contribution in [0.5, 0.6) is 0 Å². The van der Waals surface area contributed by atoms with E-state index in [0.717, 1.165) is 0 Å². The normalized spacial score (nSPS) is 9.65. The van der Waals surface area contributed by atoms with Crippen LogP contribution in [0, 0.1) is 0 Å². The largest absolute Gasteiger partial charge is 0.475 e. The Morgan fingerprint density at radius 2 is 1.18 bits per heavy atom. The number of rotatable bonds is 3. The third-order valence-electron chi connectivity index (χ3n) is 1.88. The van der Waals surface area contributed by atoms with Gasteiger partial charge in [0, 0.05) is 0 Å². The number of carboxylic acid groups (broad SMARTS) is 2. The zero-order chi connectivity index (χ0) is 11.7. The number of carboxylic acids is 2. The van der Waals surface area contributed by atoms with Crippen LogP contribution in [0.1, 0.15) is 21.1 Å². The zero-order valence-corrected chi connectivity index (χ0v) is 9.06. The van der Waals surface area contributed by atoms with Crippen molar-refractivity contribution >= 4 is 24.3 Å². The van der Waals surface area contributed by atoms with Gasteiger partial charge in [-0.05, 0) is 24.3 Å². The molecule has 0 aliphatic rings. The van der Waals surface area contributed by atoms with E-state index >= 15 is 0 Å². The highest BCUT2D eigenvalue weighted by molar-refractivity contribution is 5.86. The van der Waals surface area contributed by atoms with E-state index in [9.17, 15) is 9.59 Å². The van der Waals surface area contributed by atoms with Gasteiger partial charge >= 0.3 is 11.9 Å². The predicted octanol–water partition coefficient (Wildman–Crippen LogP) is 2.36. The molecule has 2 N–H and O–H groups in total. The summed E-state index contributed by atoms with van der Waals surface area (Å²) in [5, 5.41) is 17.2. The lowest BCUT2D eigenvalue weighted by molar-refractivity contribution is 0.0650. The summed E-state index contributed by atoms with van der Waals surface area (Å²) < 4.78 is 9.88. The first-order valence-corrected chi connectivity index (χ1v) is 4.24. The van der Waals surface area contributed by atoms with E-state index in [1.54, 1.807) is 0 Å². The van der Waals surface area contributed by atoms with Crippen molar-refractivity contribution in [1.29, 1.82) is 0 Å². The van der Waals surface area contributed by atoms with Crippen molar-refractivity contribution in [2.24, 2.45) is 0 Å². The first-order chi connectivity index (χ1) is 7.58. The topological polar surface area (TPSA) is 101 Å². The van der Waals surface area contributed by atoms with E-state index in [2.05, 4.69) is 0 Å². The number of carbonyl (C=O) groups is 2. The standard InChI is InChI=1S/C10H6O6.ClH/c11-9(12)7-3-1-5(15-7)6-2-4-8(16-6)10(13)14;/h1-4H,(H,11,12)(H,13,14);1H. The van der Waals surface area contributed by atoms with Crippen LogP contribution in [-0.4, -0.2) is 22.2 Å². The molecule has 0 amide bonds. The summed E-state index contributed by atoms with van der Waals surface area (Å²) in [5.41, 5.74) is 0. The van der Waals surface area contributed by atoms with E-state index in [1.165, 1.54) is 24.3 Å². The molecule has 0 fully saturated rings.